The van der Waals surface area contributed by atoms with Gasteiger partial charge in [0.15, 0.2) is 0 Å². The fourth-order valence-corrected chi connectivity index (χ4v) is 4.45. The molecule has 0 aliphatic heterocycles. The second kappa shape index (κ2) is 6.74. The molecule has 0 bridgehead atoms. The second-order valence-electron chi connectivity index (χ2n) is 7.15. The van der Waals surface area contributed by atoms with Gasteiger partial charge >= 0.3 is 0 Å². The number of rotatable bonds is 3. The van der Waals surface area contributed by atoms with E-state index in [-0.39, 0.29) is 11.3 Å². The summed E-state index contributed by atoms with van der Waals surface area (Å²) in [6.07, 6.45) is 7.31. The standard InChI is InChI=1S/C20H25NO2/c1-23-19-7-5-15(6-8-19)16-9-11-20(14-21,12-10-16)17-3-2-4-18(22)13-17/h5-8,16-17H,2-4,9-13H2,1H3/t16-,17-,20+/m1/s1. The highest BCUT2D eigenvalue weighted by Gasteiger charge is 2.43. The van der Waals surface area contributed by atoms with Crippen molar-refractivity contribution in [2.75, 3.05) is 7.11 Å². The first-order valence-electron chi connectivity index (χ1n) is 8.74. The van der Waals surface area contributed by atoms with E-state index >= 15 is 0 Å². The number of methoxy groups -OCH3 is 1. The van der Waals surface area contributed by atoms with E-state index in [1.807, 2.05) is 12.1 Å². The summed E-state index contributed by atoms with van der Waals surface area (Å²) < 4.78 is 5.22. The Hall–Kier alpha value is -1.82. The van der Waals surface area contributed by atoms with Gasteiger partial charge in [-0.2, -0.15) is 5.26 Å². The molecule has 122 valence electrons. The highest BCUT2D eigenvalue weighted by atomic mass is 16.5. The number of benzene rings is 1. The van der Waals surface area contributed by atoms with Crippen LogP contribution in [0.3, 0.4) is 0 Å². The van der Waals surface area contributed by atoms with Crippen LogP contribution in [0.4, 0.5) is 0 Å². The van der Waals surface area contributed by atoms with Crippen molar-refractivity contribution in [1.29, 1.82) is 5.26 Å². The molecule has 0 heterocycles. The summed E-state index contributed by atoms with van der Waals surface area (Å²) in [5, 5.41) is 9.83. The van der Waals surface area contributed by atoms with Gasteiger partial charge in [0.2, 0.25) is 0 Å². The molecule has 0 aromatic heterocycles. The normalized spacial score (nSPS) is 31.4. The Morgan fingerprint density at radius 1 is 1.17 bits per heavy atom. The number of hydrogen-bond donors (Lipinski definition) is 0. The van der Waals surface area contributed by atoms with Gasteiger partial charge in [-0.1, -0.05) is 12.1 Å². The third-order valence-electron chi connectivity index (χ3n) is 5.95. The molecule has 3 heteroatoms. The van der Waals surface area contributed by atoms with E-state index in [1.165, 1.54) is 5.56 Å². The Kier molecular flexibility index (Phi) is 4.71. The topological polar surface area (TPSA) is 50.1 Å². The zero-order valence-corrected chi connectivity index (χ0v) is 13.9. The number of Topliss-reactive ketones (excluding diaryl/α,β-unsaturated/α-hetero) is 1. The van der Waals surface area contributed by atoms with Gasteiger partial charge in [-0.05, 0) is 68.1 Å². The number of hydrogen-bond acceptors (Lipinski definition) is 3. The van der Waals surface area contributed by atoms with Crippen LogP contribution in [0.25, 0.3) is 0 Å². The minimum Gasteiger partial charge on any atom is -0.497 e. The molecule has 0 radical (unpaired) electrons. The maximum atomic E-state index is 11.8. The van der Waals surface area contributed by atoms with Crippen LogP contribution >= 0.6 is 0 Å². The summed E-state index contributed by atoms with van der Waals surface area (Å²) in [5.74, 6) is 2.05. The summed E-state index contributed by atoms with van der Waals surface area (Å²) >= 11 is 0. The van der Waals surface area contributed by atoms with Crippen LogP contribution in [-0.2, 0) is 4.79 Å². The van der Waals surface area contributed by atoms with Crippen molar-refractivity contribution in [3.05, 3.63) is 29.8 Å². The SMILES string of the molecule is COc1ccc([C@H]2CC[C@@](C#N)([C@@H]3CCCC(=O)C3)CC2)cc1. The van der Waals surface area contributed by atoms with Crippen LogP contribution in [0.5, 0.6) is 5.75 Å². The van der Waals surface area contributed by atoms with E-state index in [9.17, 15) is 10.1 Å². The Balaban J connectivity index is 1.68. The molecule has 3 nitrogen and oxygen atoms in total. The van der Waals surface area contributed by atoms with E-state index < -0.39 is 0 Å². The molecule has 0 spiro atoms. The molecule has 0 N–H and O–H groups in total. The zero-order chi connectivity index (χ0) is 16.3. The Morgan fingerprint density at radius 3 is 2.43 bits per heavy atom. The molecule has 0 unspecified atom stereocenters. The van der Waals surface area contributed by atoms with Gasteiger partial charge < -0.3 is 4.74 Å². The molecule has 2 aliphatic carbocycles. The fourth-order valence-electron chi connectivity index (χ4n) is 4.45. The van der Waals surface area contributed by atoms with Crippen molar-refractivity contribution in [3.63, 3.8) is 0 Å². The highest BCUT2D eigenvalue weighted by Crippen LogP contribution is 2.50. The second-order valence-corrected chi connectivity index (χ2v) is 7.15. The van der Waals surface area contributed by atoms with Crippen LogP contribution in [0.1, 0.15) is 62.8 Å². The average Bonchev–Trinajstić information content (AvgIpc) is 2.62. The Bertz CT molecular complexity index is 591. The van der Waals surface area contributed by atoms with Crippen LogP contribution in [0.15, 0.2) is 24.3 Å². The first kappa shape index (κ1) is 16.1. The van der Waals surface area contributed by atoms with Crippen molar-refractivity contribution in [2.45, 2.75) is 57.3 Å². The van der Waals surface area contributed by atoms with Gasteiger partial charge in [0.05, 0.1) is 18.6 Å². The largest absolute Gasteiger partial charge is 0.497 e. The van der Waals surface area contributed by atoms with E-state index in [2.05, 4.69) is 18.2 Å². The molecule has 2 saturated carbocycles. The van der Waals surface area contributed by atoms with E-state index in [0.29, 0.717) is 24.5 Å². The smallest absolute Gasteiger partial charge is 0.133 e. The summed E-state index contributed by atoms with van der Waals surface area (Å²) in [7, 11) is 1.68. The quantitative estimate of drug-likeness (QED) is 0.818. The number of ketones is 1. The van der Waals surface area contributed by atoms with E-state index in [0.717, 1.165) is 44.3 Å². The third kappa shape index (κ3) is 3.27. The molecule has 0 amide bonds. The first-order chi connectivity index (χ1) is 11.2. The lowest BCUT2D eigenvalue weighted by Gasteiger charge is -2.42. The van der Waals surface area contributed by atoms with Gasteiger partial charge in [-0.3, -0.25) is 4.79 Å². The van der Waals surface area contributed by atoms with Crippen molar-refractivity contribution in [2.24, 2.45) is 11.3 Å². The van der Waals surface area contributed by atoms with Gasteiger partial charge in [0, 0.05) is 12.8 Å². The highest BCUT2D eigenvalue weighted by molar-refractivity contribution is 5.79. The average molecular weight is 311 g/mol. The minimum atomic E-state index is -0.265. The fraction of sp³-hybridized carbons (Fsp3) is 0.600. The lowest BCUT2D eigenvalue weighted by Crippen LogP contribution is -2.36. The summed E-state index contributed by atoms with van der Waals surface area (Å²) in [6.45, 7) is 0. The monoisotopic (exact) mass is 311 g/mol. The van der Waals surface area contributed by atoms with E-state index in [1.54, 1.807) is 7.11 Å². The summed E-state index contributed by atoms with van der Waals surface area (Å²) in [6, 6.07) is 10.9. The van der Waals surface area contributed by atoms with Gasteiger partial charge in [0.1, 0.15) is 11.5 Å². The molecule has 23 heavy (non-hydrogen) atoms. The molecule has 2 fully saturated rings. The Labute approximate surface area is 138 Å². The molecular weight excluding hydrogens is 286 g/mol. The molecule has 1 atom stereocenters. The molecular formula is C20H25NO2. The van der Waals surface area contributed by atoms with E-state index in [4.69, 9.17) is 4.74 Å². The number of nitrogens with zero attached hydrogens (tertiary/aromatic N) is 1. The van der Waals surface area contributed by atoms with Gasteiger partial charge in [-0.15, -0.1) is 0 Å². The number of ether oxygens (including phenoxy) is 1. The minimum absolute atomic E-state index is 0.265. The molecule has 1 aromatic rings. The van der Waals surface area contributed by atoms with Crippen LogP contribution in [0, 0.1) is 22.7 Å². The van der Waals surface area contributed by atoms with Crippen LogP contribution < -0.4 is 4.74 Å². The zero-order valence-electron chi connectivity index (χ0n) is 13.9. The molecule has 1 aromatic carbocycles. The molecule has 0 saturated heterocycles. The number of nitriles is 1. The van der Waals surface area contributed by atoms with Crippen molar-refractivity contribution in [3.8, 4) is 11.8 Å². The van der Waals surface area contributed by atoms with Gasteiger partial charge in [0.25, 0.3) is 0 Å². The predicted octanol–water partition coefficient (Wildman–Crippen LogP) is 4.62. The predicted molar refractivity (Wildman–Crippen MR) is 89.2 cm³/mol. The molecule has 3 rings (SSSR count). The van der Waals surface area contributed by atoms with Crippen molar-refractivity contribution in [1.82, 2.24) is 0 Å². The lowest BCUT2D eigenvalue weighted by atomic mass is 9.60. The summed E-state index contributed by atoms with van der Waals surface area (Å²) in [5.41, 5.74) is 1.08. The lowest BCUT2D eigenvalue weighted by molar-refractivity contribution is -0.123. The Morgan fingerprint density at radius 2 is 1.87 bits per heavy atom. The summed E-state index contributed by atoms with van der Waals surface area (Å²) in [4.78, 5) is 11.8. The third-order valence-corrected chi connectivity index (χ3v) is 5.95. The first-order valence-corrected chi connectivity index (χ1v) is 8.74. The van der Waals surface area contributed by atoms with Crippen molar-refractivity contribution >= 4 is 5.78 Å². The van der Waals surface area contributed by atoms with Gasteiger partial charge in [-0.25, -0.2) is 0 Å². The van der Waals surface area contributed by atoms with Crippen LogP contribution in [-0.4, -0.2) is 12.9 Å². The number of carbonyl (C=O) groups is 1. The maximum Gasteiger partial charge on any atom is 0.133 e. The van der Waals surface area contributed by atoms with Crippen LogP contribution in [0.2, 0.25) is 0 Å². The maximum absolute atomic E-state index is 11.8. The molecule has 2 aliphatic rings. The van der Waals surface area contributed by atoms with Crippen molar-refractivity contribution < 1.29 is 9.53 Å². The number of carbonyl (C=O) groups excluding carboxylic acids is 1.